The number of carbonyl (C=O) groups is 1. The zero-order valence-corrected chi connectivity index (χ0v) is 18.7. The molecule has 0 unspecified atom stereocenters. The molecule has 33 heavy (non-hydrogen) atoms. The van der Waals surface area contributed by atoms with E-state index >= 15 is 0 Å². The summed E-state index contributed by atoms with van der Waals surface area (Å²) in [6.07, 6.45) is 2.56. The molecule has 1 aromatic heterocycles. The first kappa shape index (κ1) is 22.7. The van der Waals surface area contributed by atoms with Crippen LogP contribution in [0.15, 0.2) is 60.8 Å². The number of amides is 1. The molecule has 3 aromatic rings. The summed E-state index contributed by atoms with van der Waals surface area (Å²) in [7, 11) is 0. The van der Waals surface area contributed by atoms with Crippen LogP contribution in [0.2, 0.25) is 0 Å². The predicted molar refractivity (Wildman–Crippen MR) is 129 cm³/mol. The van der Waals surface area contributed by atoms with Crippen LogP contribution in [0.5, 0.6) is 5.75 Å². The second kappa shape index (κ2) is 10.4. The van der Waals surface area contributed by atoms with Crippen LogP contribution in [-0.4, -0.2) is 57.6 Å². The Bertz CT molecular complexity index is 1090. The summed E-state index contributed by atoms with van der Waals surface area (Å²) in [5.74, 6) is 0.535. The van der Waals surface area contributed by atoms with Gasteiger partial charge in [-0.3, -0.25) is 9.69 Å². The highest BCUT2D eigenvalue weighted by Crippen LogP contribution is 2.21. The minimum atomic E-state index is -0.318. The Morgan fingerprint density at radius 2 is 2.03 bits per heavy atom. The van der Waals surface area contributed by atoms with Gasteiger partial charge in [-0.25, -0.2) is 9.97 Å². The van der Waals surface area contributed by atoms with Crippen LogP contribution < -0.4 is 16.4 Å². The first-order valence-electron chi connectivity index (χ1n) is 11.2. The van der Waals surface area contributed by atoms with E-state index in [4.69, 9.17) is 5.73 Å². The molecule has 8 heteroatoms. The minimum absolute atomic E-state index is 0.268. The molecular formula is C25H30N6O2. The number of benzene rings is 2. The maximum atomic E-state index is 11.6. The lowest BCUT2D eigenvalue weighted by molar-refractivity contribution is -0.121. The summed E-state index contributed by atoms with van der Waals surface area (Å²) in [4.78, 5) is 22.9. The molecule has 0 spiro atoms. The van der Waals surface area contributed by atoms with Crippen molar-refractivity contribution in [3.05, 3.63) is 71.9 Å². The summed E-state index contributed by atoms with van der Waals surface area (Å²) in [5.41, 5.74) is 9.65. The number of nitrogens with zero attached hydrogens (tertiary/aromatic N) is 3. The van der Waals surface area contributed by atoms with E-state index in [1.807, 2.05) is 30.3 Å². The van der Waals surface area contributed by atoms with Gasteiger partial charge in [0.1, 0.15) is 5.75 Å². The number of aromatic hydroxyl groups is 1. The first-order chi connectivity index (χ1) is 16.0. The van der Waals surface area contributed by atoms with Crippen LogP contribution >= 0.6 is 0 Å². The third-order valence-corrected chi connectivity index (χ3v) is 5.94. The molecule has 8 nitrogen and oxygen atoms in total. The smallest absolute Gasteiger partial charge is 0.235 e. The van der Waals surface area contributed by atoms with Gasteiger partial charge in [0.15, 0.2) is 0 Å². The third kappa shape index (κ3) is 6.06. The molecule has 0 aliphatic carbocycles. The molecule has 0 bridgehead atoms. The normalized spacial score (nSPS) is 18.7. The van der Waals surface area contributed by atoms with Gasteiger partial charge >= 0.3 is 0 Å². The standard InChI is InChI=1S/C25H30N6O2/c1-17-14-29-23(24(26)33)16-31(17)15-19-3-2-4-20(13-19)22-10-12-28-25(30-22)27-11-9-18-5-7-21(32)8-6-18/h2-8,10,12-13,17,23,29,32H,9,11,14-16H2,1H3,(H2,26,33)(H,27,28,30)/t17-,23+/m0/s1. The van der Waals surface area contributed by atoms with E-state index in [0.717, 1.165) is 41.9 Å². The molecule has 1 aliphatic rings. The summed E-state index contributed by atoms with van der Waals surface area (Å²) in [6, 6.07) is 17.4. The van der Waals surface area contributed by atoms with Gasteiger partial charge in [-0.1, -0.05) is 30.3 Å². The molecule has 4 rings (SSSR count). The average Bonchev–Trinajstić information content (AvgIpc) is 2.82. The van der Waals surface area contributed by atoms with E-state index < -0.39 is 0 Å². The summed E-state index contributed by atoms with van der Waals surface area (Å²) >= 11 is 0. The highest BCUT2D eigenvalue weighted by atomic mass is 16.3. The summed E-state index contributed by atoms with van der Waals surface area (Å²) < 4.78 is 0. The van der Waals surface area contributed by atoms with Crippen LogP contribution in [0, 0.1) is 0 Å². The SMILES string of the molecule is C[C@H]1CN[C@@H](C(N)=O)CN1Cc1cccc(-c2ccnc(NCCc3ccc(O)cc3)n2)c1. The van der Waals surface area contributed by atoms with Crippen molar-refractivity contribution in [2.24, 2.45) is 5.73 Å². The monoisotopic (exact) mass is 446 g/mol. The van der Waals surface area contributed by atoms with Gasteiger partial charge < -0.3 is 21.5 Å². The van der Waals surface area contributed by atoms with Crippen LogP contribution in [0.1, 0.15) is 18.1 Å². The van der Waals surface area contributed by atoms with Crippen molar-refractivity contribution in [2.75, 3.05) is 25.0 Å². The summed E-state index contributed by atoms with van der Waals surface area (Å²) in [5, 5.41) is 15.9. The van der Waals surface area contributed by atoms with Crippen molar-refractivity contribution in [2.45, 2.75) is 32.0 Å². The van der Waals surface area contributed by atoms with Crippen molar-refractivity contribution < 1.29 is 9.90 Å². The number of phenols is 1. The molecule has 0 radical (unpaired) electrons. The Labute approximate surface area is 193 Å². The number of aromatic nitrogens is 2. The highest BCUT2D eigenvalue weighted by Gasteiger charge is 2.28. The highest BCUT2D eigenvalue weighted by molar-refractivity contribution is 5.80. The number of phenolic OH excluding ortho intramolecular Hbond substituents is 1. The van der Waals surface area contributed by atoms with Crippen LogP contribution in [0.25, 0.3) is 11.3 Å². The van der Waals surface area contributed by atoms with Gasteiger partial charge in [0.05, 0.1) is 11.7 Å². The van der Waals surface area contributed by atoms with Gasteiger partial charge in [-0.15, -0.1) is 0 Å². The Hall–Kier alpha value is -3.49. The van der Waals surface area contributed by atoms with Crippen molar-refractivity contribution >= 4 is 11.9 Å². The number of carbonyl (C=O) groups excluding carboxylic acids is 1. The molecule has 172 valence electrons. The molecule has 1 saturated heterocycles. The quantitative estimate of drug-likeness (QED) is 0.419. The molecule has 1 fully saturated rings. The second-order valence-corrected chi connectivity index (χ2v) is 8.45. The number of hydrogen-bond acceptors (Lipinski definition) is 7. The zero-order valence-electron chi connectivity index (χ0n) is 18.7. The summed E-state index contributed by atoms with van der Waals surface area (Å²) in [6.45, 7) is 4.91. The van der Waals surface area contributed by atoms with Gasteiger partial charge in [0.2, 0.25) is 11.9 Å². The van der Waals surface area contributed by atoms with E-state index in [1.165, 1.54) is 0 Å². The van der Waals surface area contributed by atoms with Crippen molar-refractivity contribution in [3.8, 4) is 17.0 Å². The lowest BCUT2D eigenvalue weighted by Crippen LogP contribution is -2.59. The Morgan fingerprint density at radius 1 is 1.21 bits per heavy atom. The fourth-order valence-corrected chi connectivity index (χ4v) is 3.98. The van der Waals surface area contributed by atoms with E-state index in [2.05, 4.69) is 44.6 Å². The fraction of sp³-hybridized carbons (Fsp3) is 0.320. The molecule has 5 N–H and O–H groups in total. The van der Waals surface area contributed by atoms with Crippen LogP contribution in [0.4, 0.5) is 5.95 Å². The molecule has 2 aromatic carbocycles. The number of primary amides is 1. The number of piperazine rings is 1. The maximum Gasteiger partial charge on any atom is 0.235 e. The minimum Gasteiger partial charge on any atom is -0.508 e. The third-order valence-electron chi connectivity index (χ3n) is 5.94. The van der Waals surface area contributed by atoms with E-state index in [1.54, 1.807) is 18.3 Å². The number of anilines is 1. The van der Waals surface area contributed by atoms with Gasteiger partial charge in [-0.05, 0) is 48.7 Å². The Morgan fingerprint density at radius 3 is 2.82 bits per heavy atom. The molecular weight excluding hydrogens is 416 g/mol. The maximum absolute atomic E-state index is 11.6. The topological polar surface area (TPSA) is 116 Å². The van der Waals surface area contributed by atoms with E-state index in [0.29, 0.717) is 25.1 Å². The second-order valence-electron chi connectivity index (χ2n) is 8.45. The van der Waals surface area contributed by atoms with E-state index in [9.17, 15) is 9.90 Å². The Balaban J connectivity index is 1.40. The zero-order chi connectivity index (χ0) is 23.2. The van der Waals surface area contributed by atoms with Crippen LogP contribution in [-0.2, 0) is 17.8 Å². The fourth-order valence-electron chi connectivity index (χ4n) is 3.98. The molecule has 1 aliphatic heterocycles. The number of nitrogens with two attached hydrogens (primary N) is 1. The largest absolute Gasteiger partial charge is 0.508 e. The predicted octanol–water partition coefficient (Wildman–Crippen LogP) is 2.15. The van der Waals surface area contributed by atoms with Gasteiger partial charge in [0.25, 0.3) is 0 Å². The average molecular weight is 447 g/mol. The first-order valence-corrected chi connectivity index (χ1v) is 11.2. The van der Waals surface area contributed by atoms with Gasteiger partial charge in [0, 0.05) is 44.0 Å². The Kier molecular flexibility index (Phi) is 7.16. The molecule has 2 atom stereocenters. The molecule has 2 heterocycles. The van der Waals surface area contributed by atoms with Crippen molar-refractivity contribution in [1.82, 2.24) is 20.2 Å². The lowest BCUT2D eigenvalue weighted by atomic mass is 10.0. The number of hydrogen-bond donors (Lipinski definition) is 4. The molecule has 1 amide bonds. The van der Waals surface area contributed by atoms with Crippen LogP contribution in [0.3, 0.4) is 0 Å². The number of rotatable bonds is 8. The van der Waals surface area contributed by atoms with E-state index in [-0.39, 0.29) is 17.7 Å². The molecule has 0 saturated carbocycles. The number of nitrogens with one attached hydrogen (secondary N) is 2. The van der Waals surface area contributed by atoms with Crippen molar-refractivity contribution in [1.29, 1.82) is 0 Å². The van der Waals surface area contributed by atoms with Gasteiger partial charge in [-0.2, -0.15) is 0 Å². The van der Waals surface area contributed by atoms with Crippen molar-refractivity contribution in [3.63, 3.8) is 0 Å². The lowest BCUT2D eigenvalue weighted by Gasteiger charge is -2.37.